The molecule has 8 nitrogen and oxygen atoms in total. The summed E-state index contributed by atoms with van der Waals surface area (Å²) in [6, 6.07) is 15.4. The molecule has 0 aliphatic heterocycles. The van der Waals surface area contributed by atoms with Crippen LogP contribution in [0.15, 0.2) is 64.3 Å². The summed E-state index contributed by atoms with van der Waals surface area (Å²) in [6.07, 6.45) is 2.71. The van der Waals surface area contributed by atoms with E-state index < -0.39 is 5.97 Å². The van der Waals surface area contributed by atoms with Gasteiger partial charge in [0.1, 0.15) is 12.4 Å². The fraction of sp³-hybridized carbons (Fsp3) is 0.393. The molecular formula is C28H32ClN3O5. The van der Waals surface area contributed by atoms with E-state index in [1.807, 2.05) is 43.3 Å². The predicted molar refractivity (Wildman–Crippen MR) is 142 cm³/mol. The summed E-state index contributed by atoms with van der Waals surface area (Å²) in [7, 11) is 1.60. The van der Waals surface area contributed by atoms with Crippen LogP contribution >= 0.6 is 11.6 Å². The molecular weight excluding hydrogens is 494 g/mol. The third kappa shape index (κ3) is 6.14. The molecule has 0 bridgehead atoms. The molecule has 0 amide bonds. The largest absolute Gasteiger partial charge is 0.491 e. The SMILES string of the molecule is Cc1cc(CN(C2CC(C(=O)O)C2)[C@H](C)c2ccc(Cl)cc2)ccc1OCCn1c(=O)ccn(C)c1=O. The number of aryl methyl sites for hydroxylation is 2. The maximum atomic E-state index is 12.2. The summed E-state index contributed by atoms with van der Waals surface area (Å²) in [5.74, 6) is -0.337. The maximum Gasteiger partial charge on any atom is 0.330 e. The molecule has 3 aromatic rings. The number of nitrogens with zero attached hydrogens (tertiary/aromatic N) is 3. The summed E-state index contributed by atoms with van der Waals surface area (Å²) in [5, 5.41) is 10.1. The predicted octanol–water partition coefficient (Wildman–Crippen LogP) is 4.01. The fourth-order valence-electron chi connectivity index (χ4n) is 4.82. The minimum absolute atomic E-state index is 0.0834. The molecule has 1 saturated carbocycles. The zero-order valence-electron chi connectivity index (χ0n) is 21.3. The summed E-state index contributed by atoms with van der Waals surface area (Å²) in [4.78, 5) is 38.0. The maximum absolute atomic E-state index is 12.2. The first-order chi connectivity index (χ1) is 17.6. The van der Waals surface area contributed by atoms with E-state index in [9.17, 15) is 19.5 Å². The Bertz CT molecular complexity index is 1380. The molecule has 2 aromatic carbocycles. The van der Waals surface area contributed by atoms with E-state index in [4.69, 9.17) is 16.3 Å². The van der Waals surface area contributed by atoms with Gasteiger partial charge in [0.25, 0.3) is 5.56 Å². The number of halogens is 1. The highest BCUT2D eigenvalue weighted by Gasteiger charge is 2.39. The second-order valence-corrected chi connectivity index (χ2v) is 10.1. The van der Waals surface area contributed by atoms with Gasteiger partial charge < -0.3 is 14.4 Å². The van der Waals surface area contributed by atoms with Gasteiger partial charge in [-0.05, 0) is 61.6 Å². The van der Waals surface area contributed by atoms with Crippen LogP contribution in [0, 0.1) is 12.8 Å². The molecule has 1 fully saturated rings. The third-order valence-corrected chi connectivity index (χ3v) is 7.45. The van der Waals surface area contributed by atoms with E-state index in [0.717, 1.165) is 21.3 Å². The van der Waals surface area contributed by atoms with Crippen LogP contribution in [0.5, 0.6) is 5.75 Å². The Morgan fingerprint density at radius 3 is 2.51 bits per heavy atom. The molecule has 0 spiro atoms. The Morgan fingerprint density at radius 1 is 1.16 bits per heavy atom. The average Bonchev–Trinajstić information content (AvgIpc) is 2.83. The zero-order valence-corrected chi connectivity index (χ0v) is 22.0. The van der Waals surface area contributed by atoms with Gasteiger partial charge in [-0.2, -0.15) is 0 Å². The van der Waals surface area contributed by atoms with Crippen molar-refractivity contribution in [1.82, 2.24) is 14.0 Å². The number of carbonyl (C=O) groups is 1. The molecule has 0 radical (unpaired) electrons. The number of carboxylic acid groups (broad SMARTS) is 1. The number of carboxylic acids is 1. The minimum atomic E-state index is -0.733. The van der Waals surface area contributed by atoms with Crippen molar-refractivity contribution in [3.63, 3.8) is 0 Å². The second kappa shape index (κ2) is 11.4. The van der Waals surface area contributed by atoms with Gasteiger partial charge in [0.2, 0.25) is 0 Å². The van der Waals surface area contributed by atoms with Crippen molar-refractivity contribution >= 4 is 17.6 Å². The first kappa shape index (κ1) is 26.7. The molecule has 0 saturated heterocycles. The Balaban J connectivity index is 1.46. The van der Waals surface area contributed by atoms with Crippen LogP contribution in [-0.4, -0.2) is 37.8 Å². The summed E-state index contributed by atoms with van der Waals surface area (Å²) >= 11 is 6.08. The lowest BCUT2D eigenvalue weighted by molar-refractivity contribution is -0.147. The number of aliphatic carboxylic acids is 1. The van der Waals surface area contributed by atoms with Crippen molar-refractivity contribution in [3.05, 3.63) is 97.3 Å². The van der Waals surface area contributed by atoms with Gasteiger partial charge in [-0.3, -0.25) is 19.1 Å². The van der Waals surface area contributed by atoms with Crippen LogP contribution in [0.25, 0.3) is 0 Å². The average molecular weight is 526 g/mol. The van der Waals surface area contributed by atoms with Gasteiger partial charge in [0.05, 0.1) is 12.5 Å². The monoisotopic (exact) mass is 525 g/mol. The van der Waals surface area contributed by atoms with E-state index >= 15 is 0 Å². The minimum Gasteiger partial charge on any atom is -0.491 e. The highest BCUT2D eigenvalue weighted by atomic mass is 35.5. The highest BCUT2D eigenvalue weighted by molar-refractivity contribution is 6.30. The lowest BCUT2D eigenvalue weighted by Crippen LogP contribution is -2.47. The molecule has 1 aliphatic carbocycles. The molecule has 9 heteroatoms. The van der Waals surface area contributed by atoms with Crippen molar-refractivity contribution in [1.29, 1.82) is 0 Å². The number of rotatable bonds is 10. The molecule has 0 unspecified atom stereocenters. The lowest BCUT2D eigenvalue weighted by atomic mass is 9.78. The summed E-state index contributed by atoms with van der Waals surface area (Å²) in [6.45, 7) is 5.11. The number of benzene rings is 2. The van der Waals surface area contributed by atoms with E-state index in [1.165, 1.54) is 16.8 Å². The normalized spacial score (nSPS) is 17.9. The number of ether oxygens (including phenoxy) is 1. The number of hydrogen-bond donors (Lipinski definition) is 1. The van der Waals surface area contributed by atoms with Crippen molar-refractivity contribution in [2.75, 3.05) is 6.61 Å². The van der Waals surface area contributed by atoms with Gasteiger partial charge in [-0.25, -0.2) is 4.79 Å². The Hall–Kier alpha value is -3.36. The molecule has 1 N–H and O–H groups in total. The molecule has 1 atom stereocenters. The molecule has 196 valence electrons. The first-order valence-corrected chi connectivity index (χ1v) is 12.7. The van der Waals surface area contributed by atoms with E-state index in [-0.39, 0.29) is 42.4 Å². The molecule has 4 rings (SSSR count). The lowest BCUT2D eigenvalue weighted by Gasteiger charge is -2.44. The molecule has 37 heavy (non-hydrogen) atoms. The Kier molecular flexibility index (Phi) is 8.19. The number of aromatic nitrogens is 2. The van der Waals surface area contributed by atoms with Gasteiger partial charge in [0, 0.05) is 43.0 Å². The van der Waals surface area contributed by atoms with Crippen LogP contribution < -0.4 is 16.0 Å². The third-order valence-electron chi connectivity index (χ3n) is 7.20. The van der Waals surface area contributed by atoms with Crippen molar-refractivity contribution < 1.29 is 14.6 Å². The second-order valence-electron chi connectivity index (χ2n) is 9.71. The molecule has 1 aromatic heterocycles. The summed E-state index contributed by atoms with van der Waals surface area (Å²) in [5.41, 5.74) is 2.44. The zero-order chi connectivity index (χ0) is 26.7. The van der Waals surface area contributed by atoms with Crippen molar-refractivity contribution in [2.24, 2.45) is 13.0 Å². The van der Waals surface area contributed by atoms with Crippen LogP contribution in [0.4, 0.5) is 0 Å². The smallest absolute Gasteiger partial charge is 0.330 e. The van der Waals surface area contributed by atoms with Crippen molar-refractivity contribution in [3.8, 4) is 5.75 Å². The molecule has 1 aliphatic rings. The standard InChI is InChI=1S/C28H32ClN3O5/c1-18-14-20(4-9-25(18)37-13-12-31-26(33)10-11-30(3)28(31)36)17-32(24-15-22(16-24)27(34)35)19(2)21-5-7-23(29)8-6-21/h4-11,14,19,22,24H,12-13,15-17H2,1-3H3,(H,34,35)/t19-,22?,24?/m1/s1. The van der Waals surface area contributed by atoms with E-state index in [0.29, 0.717) is 30.2 Å². The Labute approximate surface area is 220 Å². The Morgan fingerprint density at radius 2 is 1.86 bits per heavy atom. The highest BCUT2D eigenvalue weighted by Crippen LogP contribution is 2.38. The van der Waals surface area contributed by atoms with Crippen LogP contribution in [0.1, 0.15) is 42.5 Å². The van der Waals surface area contributed by atoms with Crippen LogP contribution in [-0.2, 0) is 24.9 Å². The first-order valence-electron chi connectivity index (χ1n) is 12.4. The molecule has 1 heterocycles. The van der Waals surface area contributed by atoms with Crippen molar-refractivity contribution in [2.45, 2.75) is 51.9 Å². The van der Waals surface area contributed by atoms with Gasteiger partial charge >= 0.3 is 11.7 Å². The fourth-order valence-corrected chi connectivity index (χ4v) is 4.95. The summed E-state index contributed by atoms with van der Waals surface area (Å²) < 4.78 is 8.42. The van der Waals surface area contributed by atoms with Gasteiger partial charge in [0.15, 0.2) is 0 Å². The quantitative estimate of drug-likeness (QED) is 0.430. The van der Waals surface area contributed by atoms with E-state index in [2.05, 4.69) is 17.9 Å². The topological polar surface area (TPSA) is 93.8 Å². The van der Waals surface area contributed by atoms with Crippen LogP contribution in [0.3, 0.4) is 0 Å². The van der Waals surface area contributed by atoms with Gasteiger partial charge in [-0.15, -0.1) is 0 Å². The van der Waals surface area contributed by atoms with Crippen LogP contribution in [0.2, 0.25) is 5.02 Å². The van der Waals surface area contributed by atoms with Gasteiger partial charge in [-0.1, -0.05) is 35.9 Å². The number of hydrogen-bond acceptors (Lipinski definition) is 5. The van der Waals surface area contributed by atoms with E-state index in [1.54, 1.807) is 7.05 Å².